The molecule has 0 saturated carbocycles. The molecule has 2 aliphatic heterocycles. The standard InChI is InChI=1S/C27H44N4O6/c1-26(2,3)36-23(33)16-21(17-28)29-24(34)20-8-7-13-31(18-20)22(32)10-9-19-11-14-30(15-12-19)25(35)37-27(4,5)6/h19-21H,7-16,18H2,1-6H3,(H,29,34)/t20-,21?/m1/s1. The van der Waals surface area contributed by atoms with E-state index in [1.165, 1.54) is 0 Å². The fraction of sp³-hybridized carbons (Fsp3) is 0.815. The maximum absolute atomic E-state index is 12.9. The number of amides is 3. The predicted octanol–water partition coefficient (Wildman–Crippen LogP) is 3.39. The Kier molecular flexibility index (Phi) is 10.8. The highest BCUT2D eigenvalue weighted by atomic mass is 16.6. The molecule has 1 N–H and O–H groups in total. The van der Waals surface area contributed by atoms with Crippen LogP contribution in [0.3, 0.4) is 0 Å². The van der Waals surface area contributed by atoms with Gasteiger partial charge in [-0.05, 0) is 79.6 Å². The molecule has 2 atom stereocenters. The van der Waals surface area contributed by atoms with E-state index in [2.05, 4.69) is 5.32 Å². The Balaban J connectivity index is 1.76. The lowest BCUT2D eigenvalue weighted by molar-refractivity contribution is -0.155. The molecule has 0 bridgehead atoms. The predicted molar refractivity (Wildman–Crippen MR) is 137 cm³/mol. The molecular weight excluding hydrogens is 476 g/mol. The molecule has 0 aromatic heterocycles. The molecule has 10 heteroatoms. The molecule has 0 radical (unpaired) electrons. The monoisotopic (exact) mass is 520 g/mol. The third-order valence-corrected chi connectivity index (χ3v) is 6.44. The summed E-state index contributed by atoms with van der Waals surface area (Å²) in [5, 5.41) is 12.0. The van der Waals surface area contributed by atoms with Gasteiger partial charge in [0.05, 0.1) is 18.4 Å². The van der Waals surface area contributed by atoms with Gasteiger partial charge in [-0.3, -0.25) is 14.4 Å². The molecule has 0 aliphatic carbocycles. The Morgan fingerprint density at radius 1 is 0.946 bits per heavy atom. The topological polar surface area (TPSA) is 129 Å². The Bertz CT molecular complexity index is 862. The molecule has 2 fully saturated rings. The lowest BCUT2D eigenvalue weighted by Crippen LogP contribution is -2.48. The summed E-state index contributed by atoms with van der Waals surface area (Å²) in [5.41, 5.74) is -1.18. The molecule has 37 heavy (non-hydrogen) atoms. The van der Waals surface area contributed by atoms with Crippen molar-refractivity contribution in [3.05, 3.63) is 0 Å². The molecule has 2 aliphatic rings. The first-order valence-electron chi connectivity index (χ1n) is 13.3. The molecule has 3 amide bonds. The summed E-state index contributed by atoms with van der Waals surface area (Å²) in [6.07, 6.45) is 3.66. The van der Waals surface area contributed by atoms with Crippen LogP contribution in [0.1, 0.15) is 86.5 Å². The summed E-state index contributed by atoms with van der Waals surface area (Å²) in [7, 11) is 0. The second-order valence-corrected chi connectivity index (χ2v) is 12.1. The molecule has 2 saturated heterocycles. The Morgan fingerprint density at radius 3 is 2.14 bits per heavy atom. The van der Waals surface area contributed by atoms with Crippen molar-refractivity contribution in [2.75, 3.05) is 26.2 Å². The van der Waals surface area contributed by atoms with E-state index >= 15 is 0 Å². The van der Waals surface area contributed by atoms with Crippen LogP contribution < -0.4 is 5.32 Å². The average molecular weight is 521 g/mol. The van der Waals surface area contributed by atoms with Gasteiger partial charge >= 0.3 is 12.1 Å². The number of esters is 1. The number of hydrogen-bond acceptors (Lipinski definition) is 7. The molecule has 2 heterocycles. The highest BCUT2D eigenvalue weighted by Gasteiger charge is 2.32. The molecule has 2 rings (SSSR count). The Labute approximate surface area is 221 Å². The van der Waals surface area contributed by atoms with Crippen molar-refractivity contribution in [3.63, 3.8) is 0 Å². The summed E-state index contributed by atoms with van der Waals surface area (Å²) in [6, 6.07) is 0.982. The van der Waals surface area contributed by atoms with Gasteiger partial charge in [-0.1, -0.05) is 0 Å². The van der Waals surface area contributed by atoms with Crippen LogP contribution in [0.2, 0.25) is 0 Å². The minimum absolute atomic E-state index is 0.0256. The molecule has 208 valence electrons. The average Bonchev–Trinajstić information content (AvgIpc) is 2.80. The maximum Gasteiger partial charge on any atom is 0.410 e. The third-order valence-electron chi connectivity index (χ3n) is 6.44. The van der Waals surface area contributed by atoms with Crippen LogP contribution >= 0.6 is 0 Å². The lowest BCUT2D eigenvalue weighted by Gasteiger charge is -2.34. The van der Waals surface area contributed by atoms with Crippen LogP contribution in [0.15, 0.2) is 0 Å². The number of nitrogens with zero attached hydrogens (tertiary/aromatic N) is 3. The van der Waals surface area contributed by atoms with Crippen LogP contribution in [0.4, 0.5) is 4.79 Å². The number of hydrogen-bond donors (Lipinski definition) is 1. The van der Waals surface area contributed by atoms with Crippen molar-refractivity contribution in [1.29, 1.82) is 5.26 Å². The summed E-state index contributed by atoms with van der Waals surface area (Å²) >= 11 is 0. The van der Waals surface area contributed by atoms with Gasteiger partial charge in [-0.25, -0.2) is 4.79 Å². The fourth-order valence-electron chi connectivity index (χ4n) is 4.60. The van der Waals surface area contributed by atoms with Crippen molar-refractivity contribution < 1.29 is 28.7 Å². The fourth-order valence-corrected chi connectivity index (χ4v) is 4.60. The van der Waals surface area contributed by atoms with Crippen molar-refractivity contribution in [2.24, 2.45) is 11.8 Å². The number of nitriles is 1. The second kappa shape index (κ2) is 13.1. The second-order valence-electron chi connectivity index (χ2n) is 12.1. The minimum Gasteiger partial charge on any atom is -0.460 e. The van der Waals surface area contributed by atoms with Crippen LogP contribution in [0.25, 0.3) is 0 Å². The van der Waals surface area contributed by atoms with Crippen molar-refractivity contribution in [3.8, 4) is 6.07 Å². The largest absolute Gasteiger partial charge is 0.460 e. The van der Waals surface area contributed by atoms with Gasteiger partial charge < -0.3 is 24.6 Å². The molecule has 1 unspecified atom stereocenters. The maximum atomic E-state index is 12.9. The van der Waals surface area contributed by atoms with Crippen LogP contribution in [0, 0.1) is 23.2 Å². The van der Waals surface area contributed by atoms with Gasteiger partial charge in [0.1, 0.15) is 17.2 Å². The minimum atomic E-state index is -0.972. The zero-order valence-electron chi connectivity index (χ0n) is 23.3. The number of carbonyl (C=O) groups excluding carboxylic acids is 4. The summed E-state index contributed by atoms with van der Waals surface area (Å²) in [6.45, 7) is 13.0. The van der Waals surface area contributed by atoms with Crippen LogP contribution in [-0.2, 0) is 23.9 Å². The number of likely N-dealkylation sites (tertiary alicyclic amines) is 2. The number of carbonyl (C=O) groups is 4. The Morgan fingerprint density at radius 2 is 1.57 bits per heavy atom. The van der Waals surface area contributed by atoms with E-state index in [9.17, 15) is 24.4 Å². The van der Waals surface area contributed by atoms with Crippen molar-refractivity contribution >= 4 is 23.9 Å². The van der Waals surface area contributed by atoms with Gasteiger partial charge in [-0.15, -0.1) is 0 Å². The van der Waals surface area contributed by atoms with Gasteiger partial charge in [0, 0.05) is 32.6 Å². The SMILES string of the molecule is CC(C)(C)OC(=O)CC(C#N)NC(=O)[C@@H]1CCCN(C(=O)CCC2CCN(C(=O)OC(C)(C)C)CC2)C1. The van der Waals surface area contributed by atoms with E-state index < -0.39 is 29.1 Å². The van der Waals surface area contributed by atoms with E-state index in [1.54, 1.807) is 30.6 Å². The number of piperidine rings is 2. The smallest absolute Gasteiger partial charge is 0.410 e. The first-order valence-corrected chi connectivity index (χ1v) is 13.3. The van der Waals surface area contributed by atoms with Gasteiger partial charge in [0.15, 0.2) is 0 Å². The zero-order valence-corrected chi connectivity index (χ0v) is 23.3. The summed E-state index contributed by atoms with van der Waals surface area (Å²) in [5.74, 6) is -0.878. The summed E-state index contributed by atoms with van der Waals surface area (Å²) < 4.78 is 10.7. The summed E-state index contributed by atoms with van der Waals surface area (Å²) in [4.78, 5) is 53.4. The molecule has 0 spiro atoms. The van der Waals surface area contributed by atoms with E-state index in [-0.39, 0.29) is 24.3 Å². The molecular formula is C27H44N4O6. The first kappa shape index (κ1) is 30.4. The molecule has 0 aromatic carbocycles. The van der Waals surface area contributed by atoms with Gasteiger partial charge in [-0.2, -0.15) is 5.26 Å². The first-order chi connectivity index (χ1) is 17.2. The van der Waals surface area contributed by atoms with E-state index in [0.717, 1.165) is 19.3 Å². The highest BCUT2D eigenvalue weighted by Crippen LogP contribution is 2.25. The van der Waals surface area contributed by atoms with Crippen molar-refractivity contribution in [1.82, 2.24) is 15.1 Å². The van der Waals surface area contributed by atoms with E-state index in [1.807, 2.05) is 26.8 Å². The highest BCUT2D eigenvalue weighted by molar-refractivity contribution is 5.82. The van der Waals surface area contributed by atoms with E-state index in [4.69, 9.17) is 9.47 Å². The molecule has 0 aromatic rings. The number of ether oxygens (including phenoxy) is 2. The number of rotatable bonds is 7. The Hall–Kier alpha value is -2.83. The van der Waals surface area contributed by atoms with Gasteiger partial charge in [0.2, 0.25) is 11.8 Å². The van der Waals surface area contributed by atoms with Crippen LogP contribution in [-0.4, -0.2) is 77.1 Å². The van der Waals surface area contributed by atoms with Gasteiger partial charge in [0.25, 0.3) is 0 Å². The van der Waals surface area contributed by atoms with Crippen molar-refractivity contribution in [2.45, 2.75) is 104 Å². The lowest BCUT2D eigenvalue weighted by atomic mass is 9.91. The van der Waals surface area contributed by atoms with E-state index in [0.29, 0.717) is 51.4 Å². The molecule has 10 nitrogen and oxygen atoms in total. The normalized spacial score (nSPS) is 20.0. The van der Waals surface area contributed by atoms with Crippen LogP contribution in [0.5, 0.6) is 0 Å². The third kappa shape index (κ3) is 11.0. The zero-order chi connectivity index (χ0) is 27.8. The quantitative estimate of drug-likeness (QED) is 0.509. The number of nitrogens with one attached hydrogen (secondary N) is 1.